The quantitative estimate of drug-likeness (QED) is 0.668. The van der Waals surface area contributed by atoms with Gasteiger partial charge in [-0.1, -0.05) is 11.6 Å². The van der Waals surface area contributed by atoms with Gasteiger partial charge >= 0.3 is 0 Å². The Kier molecular flexibility index (Phi) is 2.21. The standard InChI is InChI=1S/C7H7BrClN/c1-4-2-5(8)7(10)6(9)3-4/h2-3H,10H2,1H3. The molecular weight excluding hydrogens is 213 g/mol. The molecule has 0 unspecified atom stereocenters. The average molecular weight is 220 g/mol. The van der Waals surface area contributed by atoms with E-state index in [0.717, 1.165) is 10.0 Å². The van der Waals surface area contributed by atoms with Crippen molar-refractivity contribution in [3.05, 3.63) is 27.2 Å². The van der Waals surface area contributed by atoms with Crippen LogP contribution in [-0.2, 0) is 0 Å². The number of halogens is 2. The van der Waals surface area contributed by atoms with Gasteiger partial charge in [0.05, 0.1) is 10.7 Å². The van der Waals surface area contributed by atoms with E-state index in [2.05, 4.69) is 15.9 Å². The Labute approximate surface area is 73.3 Å². The third-order valence-electron chi connectivity index (χ3n) is 1.22. The highest BCUT2D eigenvalue weighted by molar-refractivity contribution is 9.10. The number of anilines is 1. The van der Waals surface area contributed by atoms with Crippen LogP contribution in [0.2, 0.25) is 5.02 Å². The molecule has 0 saturated carbocycles. The molecule has 0 aliphatic rings. The second-order valence-corrected chi connectivity index (χ2v) is 3.40. The fourth-order valence-electron chi connectivity index (χ4n) is 0.711. The van der Waals surface area contributed by atoms with Gasteiger partial charge in [0, 0.05) is 4.47 Å². The minimum absolute atomic E-state index is 0.604. The molecule has 0 aromatic heterocycles. The van der Waals surface area contributed by atoms with Gasteiger partial charge < -0.3 is 5.73 Å². The van der Waals surface area contributed by atoms with E-state index in [1.54, 1.807) is 0 Å². The summed E-state index contributed by atoms with van der Waals surface area (Å²) in [7, 11) is 0. The van der Waals surface area contributed by atoms with Crippen LogP contribution in [0.5, 0.6) is 0 Å². The van der Waals surface area contributed by atoms with Crippen LogP contribution in [0.4, 0.5) is 5.69 Å². The van der Waals surface area contributed by atoms with Crippen LogP contribution in [0.25, 0.3) is 0 Å². The number of nitrogen functional groups attached to an aromatic ring is 1. The molecule has 0 spiro atoms. The van der Waals surface area contributed by atoms with Gasteiger partial charge in [-0.3, -0.25) is 0 Å². The molecular formula is C7H7BrClN. The highest BCUT2D eigenvalue weighted by Gasteiger charge is 2.00. The number of benzene rings is 1. The highest BCUT2D eigenvalue weighted by atomic mass is 79.9. The zero-order valence-corrected chi connectivity index (χ0v) is 7.83. The van der Waals surface area contributed by atoms with Crippen LogP contribution in [0.1, 0.15) is 5.56 Å². The number of hydrogen-bond donors (Lipinski definition) is 1. The van der Waals surface area contributed by atoms with Crippen LogP contribution in [0.15, 0.2) is 16.6 Å². The highest BCUT2D eigenvalue weighted by Crippen LogP contribution is 2.28. The summed E-state index contributed by atoms with van der Waals surface area (Å²) in [6.45, 7) is 1.97. The Morgan fingerprint density at radius 2 is 2.10 bits per heavy atom. The van der Waals surface area contributed by atoms with E-state index in [1.165, 1.54) is 0 Å². The summed E-state index contributed by atoms with van der Waals surface area (Å²) in [6, 6.07) is 3.77. The second kappa shape index (κ2) is 2.81. The van der Waals surface area contributed by atoms with Gasteiger partial charge in [0.25, 0.3) is 0 Å². The normalized spacial score (nSPS) is 9.90. The van der Waals surface area contributed by atoms with Crippen LogP contribution in [0.3, 0.4) is 0 Å². The van der Waals surface area contributed by atoms with E-state index in [1.807, 2.05) is 19.1 Å². The number of rotatable bonds is 0. The van der Waals surface area contributed by atoms with Crippen LogP contribution in [-0.4, -0.2) is 0 Å². The van der Waals surface area contributed by atoms with Crippen molar-refractivity contribution >= 4 is 33.2 Å². The van der Waals surface area contributed by atoms with Crippen molar-refractivity contribution in [1.82, 2.24) is 0 Å². The van der Waals surface area contributed by atoms with Crippen molar-refractivity contribution in [3.63, 3.8) is 0 Å². The Bertz CT molecular complexity index is 237. The lowest BCUT2D eigenvalue weighted by Gasteiger charge is -2.01. The second-order valence-electron chi connectivity index (χ2n) is 2.14. The molecule has 0 fully saturated rings. The van der Waals surface area contributed by atoms with Crippen molar-refractivity contribution in [2.24, 2.45) is 0 Å². The third-order valence-corrected chi connectivity index (χ3v) is 2.19. The van der Waals surface area contributed by atoms with Gasteiger partial charge in [-0.15, -0.1) is 0 Å². The summed E-state index contributed by atoms with van der Waals surface area (Å²) >= 11 is 9.05. The molecule has 1 aromatic carbocycles. The van der Waals surface area contributed by atoms with Crippen molar-refractivity contribution in [2.45, 2.75) is 6.92 Å². The monoisotopic (exact) mass is 219 g/mol. The number of nitrogens with two attached hydrogens (primary N) is 1. The molecule has 1 aromatic rings. The van der Waals surface area contributed by atoms with E-state index >= 15 is 0 Å². The first kappa shape index (κ1) is 7.89. The predicted molar refractivity (Wildman–Crippen MR) is 48.3 cm³/mol. The molecule has 0 atom stereocenters. The van der Waals surface area contributed by atoms with E-state index in [4.69, 9.17) is 17.3 Å². The van der Waals surface area contributed by atoms with Crippen LogP contribution in [0, 0.1) is 6.92 Å². The lowest BCUT2D eigenvalue weighted by atomic mass is 10.2. The van der Waals surface area contributed by atoms with Crippen LogP contribution >= 0.6 is 27.5 Å². The molecule has 0 heterocycles. The average Bonchev–Trinajstić information content (AvgIpc) is 1.82. The maximum absolute atomic E-state index is 5.76. The molecule has 0 saturated heterocycles. The first-order valence-electron chi connectivity index (χ1n) is 2.82. The lowest BCUT2D eigenvalue weighted by Crippen LogP contribution is -1.88. The summed E-state index contributed by atoms with van der Waals surface area (Å²) < 4.78 is 0.859. The summed E-state index contributed by atoms with van der Waals surface area (Å²) in [4.78, 5) is 0. The summed E-state index contributed by atoms with van der Waals surface area (Å²) in [6.07, 6.45) is 0. The molecule has 10 heavy (non-hydrogen) atoms. The van der Waals surface area contributed by atoms with E-state index in [9.17, 15) is 0 Å². The van der Waals surface area contributed by atoms with Crippen molar-refractivity contribution in [3.8, 4) is 0 Å². The van der Waals surface area contributed by atoms with E-state index < -0.39 is 0 Å². The Balaban J connectivity index is 3.31. The maximum atomic E-state index is 5.76. The molecule has 0 amide bonds. The van der Waals surface area contributed by atoms with Crippen molar-refractivity contribution in [2.75, 3.05) is 5.73 Å². The molecule has 1 nitrogen and oxygen atoms in total. The Morgan fingerprint density at radius 3 is 2.60 bits per heavy atom. The first-order valence-corrected chi connectivity index (χ1v) is 3.99. The molecule has 0 bridgehead atoms. The minimum Gasteiger partial charge on any atom is -0.397 e. The smallest absolute Gasteiger partial charge is 0.0649 e. The number of aryl methyl sites for hydroxylation is 1. The van der Waals surface area contributed by atoms with Gasteiger partial charge in [0.1, 0.15) is 0 Å². The zero-order chi connectivity index (χ0) is 7.72. The van der Waals surface area contributed by atoms with Gasteiger partial charge in [-0.05, 0) is 40.5 Å². The summed E-state index contributed by atoms with van der Waals surface area (Å²) in [5, 5.41) is 0.604. The van der Waals surface area contributed by atoms with Gasteiger partial charge in [0.2, 0.25) is 0 Å². The predicted octanol–water partition coefficient (Wildman–Crippen LogP) is 2.99. The fourth-order valence-corrected chi connectivity index (χ4v) is 1.67. The van der Waals surface area contributed by atoms with Crippen LogP contribution < -0.4 is 5.73 Å². The number of hydrogen-bond acceptors (Lipinski definition) is 1. The topological polar surface area (TPSA) is 26.0 Å². The molecule has 54 valence electrons. The molecule has 1 rings (SSSR count). The van der Waals surface area contributed by atoms with E-state index in [0.29, 0.717) is 10.7 Å². The van der Waals surface area contributed by atoms with Gasteiger partial charge in [-0.2, -0.15) is 0 Å². The van der Waals surface area contributed by atoms with E-state index in [-0.39, 0.29) is 0 Å². The SMILES string of the molecule is Cc1cc(Cl)c(N)c(Br)c1. The zero-order valence-electron chi connectivity index (χ0n) is 5.49. The molecule has 3 heteroatoms. The summed E-state index contributed by atoms with van der Waals surface area (Å²) in [5.74, 6) is 0. The molecule has 2 N–H and O–H groups in total. The lowest BCUT2D eigenvalue weighted by molar-refractivity contribution is 1.45. The van der Waals surface area contributed by atoms with Crippen molar-refractivity contribution in [1.29, 1.82) is 0 Å². The largest absolute Gasteiger partial charge is 0.397 e. The first-order chi connectivity index (χ1) is 4.61. The van der Waals surface area contributed by atoms with Gasteiger partial charge in [-0.25, -0.2) is 0 Å². The third kappa shape index (κ3) is 1.44. The molecule has 0 aliphatic carbocycles. The molecule has 0 aliphatic heterocycles. The van der Waals surface area contributed by atoms with Gasteiger partial charge in [0.15, 0.2) is 0 Å². The molecule has 0 radical (unpaired) electrons. The minimum atomic E-state index is 0.604. The fraction of sp³-hybridized carbons (Fsp3) is 0.143. The Morgan fingerprint density at radius 1 is 1.50 bits per heavy atom. The Hall–Kier alpha value is -0.210. The summed E-state index contributed by atoms with van der Waals surface area (Å²) in [5.41, 5.74) is 7.28. The maximum Gasteiger partial charge on any atom is 0.0649 e. The van der Waals surface area contributed by atoms with Crippen molar-refractivity contribution < 1.29 is 0 Å².